The number of unbranched alkanes of at least 4 members (excludes halogenated alkanes) is 28. The van der Waals surface area contributed by atoms with E-state index >= 15 is 0 Å². The first-order valence-corrected chi connectivity index (χ1v) is 26.8. The summed E-state index contributed by atoms with van der Waals surface area (Å²) in [6.45, 7) is 7.67. The minimum Gasteiger partial charge on any atom is -0.462 e. The zero-order valence-corrected chi connectivity index (χ0v) is 41.4. The van der Waals surface area contributed by atoms with E-state index in [-0.39, 0.29) is 25.2 Å². The second-order valence-electron chi connectivity index (χ2n) is 17.8. The number of carbonyl (C=O) groups excluding carboxylic acids is 2. The smallest absolute Gasteiger partial charge is 0.306 e. The van der Waals surface area contributed by atoms with Gasteiger partial charge in [-0.3, -0.25) is 9.59 Å². The second kappa shape index (κ2) is 52.9. The SMILES string of the molecule is CC/C=C\C/C=C\C/C=C\CCCCCC(=O)OC(COCCCCCCCC/C=C\C/C=C\CCCCC)COC(=O)CCCCCCCCCCCCCCCCCCC. The molecular formula is C57H102O5. The molecule has 0 N–H and O–H groups in total. The van der Waals surface area contributed by atoms with E-state index in [0.717, 1.165) is 77.0 Å². The molecule has 1 unspecified atom stereocenters. The standard InChI is InChI=1S/C57H102O5/c1-4-7-10-13-16-19-22-25-27-29-30-33-35-38-41-44-47-50-56(58)61-54-55(62-57(59)51-48-45-42-39-36-32-24-21-18-15-12-9-6-3)53-60-52-49-46-43-40-37-34-31-28-26-23-20-17-14-11-8-5-2/h9,12,17-18,20-21,26,28,32,36,55H,4-8,10-11,13-16,19,22-25,27,29-31,33-35,37-54H2,1-3H3/b12-9-,20-17-,21-18-,28-26-,36-32-. The molecule has 0 rings (SSSR count). The Hall–Kier alpha value is -2.40. The first kappa shape index (κ1) is 59.6. The van der Waals surface area contributed by atoms with Gasteiger partial charge in [0.1, 0.15) is 6.61 Å². The lowest BCUT2D eigenvalue weighted by Crippen LogP contribution is -2.30. The highest BCUT2D eigenvalue weighted by Gasteiger charge is 2.17. The number of ether oxygens (including phenoxy) is 3. The molecular weight excluding hydrogens is 765 g/mol. The second-order valence-corrected chi connectivity index (χ2v) is 17.8. The van der Waals surface area contributed by atoms with Crippen LogP contribution in [0.4, 0.5) is 0 Å². The maximum atomic E-state index is 12.8. The molecule has 0 aliphatic rings. The lowest BCUT2D eigenvalue weighted by atomic mass is 10.0. The van der Waals surface area contributed by atoms with Crippen molar-refractivity contribution >= 4 is 11.9 Å². The number of carbonyl (C=O) groups is 2. The van der Waals surface area contributed by atoms with E-state index in [0.29, 0.717) is 19.4 Å². The van der Waals surface area contributed by atoms with Gasteiger partial charge in [0.15, 0.2) is 6.10 Å². The Morgan fingerprint density at radius 1 is 0.371 bits per heavy atom. The van der Waals surface area contributed by atoms with Gasteiger partial charge in [-0.05, 0) is 83.5 Å². The molecule has 0 fully saturated rings. The van der Waals surface area contributed by atoms with E-state index in [2.05, 4.69) is 81.5 Å². The van der Waals surface area contributed by atoms with Crippen molar-refractivity contribution in [2.24, 2.45) is 0 Å². The summed E-state index contributed by atoms with van der Waals surface area (Å²) in [6, 6.07) is 0. The van der Waals surface area contributed by atoms with Gasteiger partial charge >= 0.3 is 11.9 Å². The van der Waals surface area contributed by atoms with Crippen LogP contribution in [-0.2, 0) is 23.8 Å². The molecule has 0 heterocycles. The molecule has 0 amide bonds. The van der Waals surface area contributed by atoms with Gasteiger partial charge in [0, 0.05) is 19.4 Å². The molecule has 0 aromatic heterocycles. The molecule has 0 aromatic rings. The van der Waals surface area contributed by atoms with Gasteiger partial charge in [-0.1, -0.05) is 229 Å². The average molecular weight is 867 g/mol. The number of hydrogen-bond donors (Lipinski definition) is 0. The van der Waals surface area contributed by atoms with Crippen molar-refractivity contribution in [2.45, 2.75) is 271 Å². The van der Waals surface area contributed by atoms with Crippen LogP contribution in [0.25, 0.3) is 0 Å². The van der Waals surface area contributed by atoms with E-state index in [1.807, 2.05) is 0 Å². The van der Waals surface area contributed by atoms with Gasteiger partial charge in [0.25, 0.3) is 0 Å². The van der Waals surface area contributed by atoms with Crippen LogP contribution < -0.4 is 0 Å². The average Bonchev–Trinajstić information content (AvgIpc) is 3.27. The highest BCUT2D eigenvalue weighted by molar-refractivity contribution is 5.70. The monoisotopic (exact) mass is 867 g/mol. The lowest BCUT2D eigenvalue weighted by Gasteiger charge is -2.18. The van der Waals surface area contributed by atoms with Crippen LogP contribution in [0.2, 0.25) is 0 Å². The minimum atomic E-state index is -0.556. The zero-order valence-electron chi connectivity index (χ0n) is 41.4. The van der Waals surface area contributed by atoms with E-state index in [9.17, 15) is 9.59 Å². The Kier molecular flexibility index (Phi) is 50.9. The summed E-state index contributed by atoms with van der Waals surface area (Å²) in [5.74, 6) is -0.427. The Bertz CT molecular complexity index is 1070. The highest BCUT2D eigenvalue weighted by Crippen LogP contribution is 2.15. The quantitative estimate of drug-likeness (QED) is 0.0346. The molecule has 5 nitrogen and oxygen atoms in total. The van der Waals surface area contributed by atoms with E-state index < -0.39 is 6.10 Å². The molecule has 1 atom stereocenters. The normalized spacial score (nSPS) is 12.6. The maximum Gasteiger partial charge on any atom is 0.306 e. The van der Waals surface area contributed by atoms with Crippen molar-refractivity contribution in [3.63, 3.8) is 0 Å². The van der Waals surface area contributed by atoms with E-state index in [1.54, 1.807) is 0 Å². The van der Waals surface area contributed by atoms with Crippen molar-refractivity contribution in [1.29, 1.82) is 0 Å². The largest absolute Gasteiger partial charge is 0.462 e. The Balaban J connectivity index is 4.28. The van der Waals surface area contributed by atoms with Gasteiger partial charge in [-0.15, -0.1) is 0 Å². The topological polar surface area (TPSA) is 61.8 Å². The fourth-order valence-corrected chi connectivity index (χ4v) is 7.56. The van der Waals surface area contributed by atoms with Crippen molar-refractivity contribution in [3.05, 3.63) is 60.8 Å². The molecule has 0 aromatic carbocycles. The van der Waals surface area contributed by atoms with Crippen LogP contribution in [0.5, 0.6) is 0 Å². The van der Waals surface area contributed by atoms with Gasteiger partial charge in [-0.25, -0.2) is 0 Å². The Labute approximate surface area is 385 Å². The summed E-state index contributed by atoms with van der Waals surface area (Å²) < 4.78 is 17.4. The van der Waals surface area contributed by atoms with Gasteiger partial charge in [0.2, 0.25) is 0 Å². The maximum absolute atomic E-state index is 12.8. The van der Waals surface area contributed by atoms with Crippen LogP contribution in [0.1, 0.15) is 265 Å². The first-order chi connectivity index (χ1) is 30.6. The summed E-state index contributed by atoms with van der Waals surface area (Å²) in [7, 11) is 0. The van der Waals surface area contributed by atoms with Gasteiger partial charge in [0.05, 0.1) is 6.61 Å². The summed E-state index contributed by atoms with van der Waals surface area (Å²) in [4.78, 5) is 25.4. The minimum absolute atomic E-state index is 0.0708. The number of hydrogen-bond acceptors (Lipinski definition) is 5. The third-order valence-electron chi connectivity index (χ3n) is 11.5. The molecule has 5 heteroatoms. The van der Waals surface area contributed by atoms with Crippen molar-refractivity contribution < 1.29 is 23.8 Å². The van der Waals surface area contributed by atoms with Crippen molar-refractivity contribution in [2.75, 3.05) is 19.8 Å². The van der Waals surface area contributed by atoms with Gasteiger partial charge in [-0.2, -0.15) is 0 Å². The lowest BCUT2D eigenvalue weighted by molar-refractivity contribution is -0.163. The third-order valence-corrected chi connectivity index (χ3v) is 11.5. The van der Waals surface area contributed by atoms with Crippen molar-refractivity contribution in [1.82, 2.24) is 0 Å². The fourth-order valence-electron chi connectivity index (χ4n) is 7.56. The molecule has 0 saturated heterocycles. The Morgan fingerprint density at radius 2 is 0.726 bits per heavy atom. The fraction of sp³-hybridized carbons (Fsp3) is 0.789. The number of allylic oxidation sites excluding steroid dienone is 10. The Morgan fingerprint density at radius 3 is 1.21 bits per heavy atom. The molecule has 0 spiro atoms. The molecule has 0 aliphatic carbocycles. The van der Waals surface area contributed by atoms with Crippen molar-refractivity contribution in [3.8, 4) is 0 Å². The summed E-state index contributed by atoms with van der Waals surface area (Å²) in [5.41, 5.74) is 0. The van der Waals surface area contributed by atoms with Crippen LogP contribution in [0.15, 0.2) is 60.8 Å². The summed E-state index contributed by atoms with van der Waals surface area (Å²) in [6.07, 6.45) is 66.6. The molecule has 0 radical (unpaired) electrons. The van der Waals surface area contributed by atoms with E-state index in [4.69, 9.17) is 14.2 Å². The molecule has 0 saturated carbocycles. The molecule has 360 valence electrons. The molecule has 62 heavy (non-hydrogen) atoms. The van der Waals surface area contributed by atoms with Crippen LogP contribution in [0, 0.1) is 0 Å². The van der Waals surface area contributed by atoms with E-state index in [1.165, 1.54) is 154 Å². The highest BCUT2D eigenvalue weighted by atomic mass is 16.6. The van der Waals surface area contributed by atoms with Crippen LogP contribution in [-0.4, -0.2) is 37.9 Å². The predicted octanol–water partition coefficient (Wildman–Crippen LogP) is 18.1. The third kappa shape index (κ3) is 50.2. The van der Waals surface area contributed by atoms with Gasteiger partial charge < -0.3 is 14.2 Å². The first-order valence-electron chi connectivity index (χ1n) is 26.8. The molecule has 0 bridgehead atoms. The van der Waals surface area contributed by atoms with Crippen LogP contribution >= 0.6 is 0 Å². The van der Waals surface area contributed by atoms with Crippen LogP contribution in [0.3, 0.4) is 0 Å². The zero-order chi connectivity index (χ0) is 44.9. The summed E-state index contributed by atoms with van der Waals surface area (Å²) >= 11 is 0. The number of esters is 2. The number of rotatable bonds is 49. The predicted molar refractivity (Wildman–Crippen MR) is 270 cm³/mol. The summed E-state index contributed by atoms with van der Waals surface area (Å²) in [5, 5.41) is 0. The molecule has 0 aliphatic heterocycles.